The number of thiophene rings is 1. The third-order valence-electron chi connectivity index (χ3n) is 3.14. The Labute approximate surface area is 94.5 Å². The van der Waals surface area contributed by atoms with Crippen LogP contribution in [-0.4, -0.2) is 13.6 Å². The zero-order chi connectivity index (χ0) is 10.0. The summed E-state index contributed by atoms with van der Waals surface area (Å²) in [4.78, 5) is 1.44. The van der Waals surface area contributed by atoms with Gasteiger partial charge in [0.05, 0.1) is 4.34 Å². The van der Waals surface area contributed by atoms with E-state index in [-0.39, 0.29) is 0 Å². The molecule has 14 heavy (non-hydrogen) atoms. The molecule has 1 saturated carbocycles. The largest absolute Gasteiger partial charge is 0.319 e. The normalized spacial score (nSPS) is 19.3. The Bertz CT molecular complexity index is 304. The predicted octanol–water partition coefficient (Wildman–Crippen LogP) is 3.33. The first-order valence-electron chi connectivity index (χ1n) is 5.13. The lowest BCUT2D eigenvalue weighted by molar-refractivity contribution is 0.135. The second-order valence-electron chi connectivity index (χ2n) is 4.27. The average molecular weight is 230 g/mol. The molecular formula is C11H16ClNS. The molecule has 1 nitrogen and oxygen atoms in total. The molecular weight excluding hydrogens is 214 g/mol. The van der Waals surface area contributed by atoms with Crippen LogP contribution >= 0.6 is 22.9 Å². The van der Waals surface area contributed by atoms with Crippen LogP contribution in [0, 0.1) is 5.41 Å². The second kappa shape index (κ2) is 4.21. The Hall–Kier alpha value is -0.0500. The van der Waals surface area contributed by atoms with Crippen molar-refractivity contribution < 1.29 is 0 Å². The summed E-state index contributed by atoms with van der Waals surface area (Å²) in [5.74, 6) is 0. The van der Waals surface area contributed by atoms with E-state index in [1.54, 1.807) is 11.3 Å². The van der Waals surface area contributed by atoms with E-state index in [0.717, 1.165) is 10.9 Å². The van der Waals surface area contributed by atoms with Crippen molar-refractivity contribution in [1.82, 2.24) is 5.32 Å². The summed E-state index contributed by atoms with van der Waals surface area (Å²) in [6.45, 7) is 1.14. The molecule has 0 aromatic carbocycles. The molecule has 0 aliphatic heterocycles. The van der Waals surface area contributed by atoms with Crippen LogP contribution in [0.1, 0.15) is 24.1 Å². The molecule has 2 rings (SSSR count). The zero-order valence-corrected chi connectivity index (χ0v) is 10.0. The van der Waals surface area contributed by atoms with Gasteiger partial charge in [-0.15, -0.1) is 11.3 Å². The SMILES string of the molecule is CNCC1(Cc2ccc(Cl)s2)CCC1. The van der Waals surface area contributed by atoms with E-state index in [1.165, 1.54) is 30.6 Å². The molecule has 0 radical (unpaired) electrons. The van der Waals surface area contributed by atoms with Gasteiger partial charge in [0, 0.05) is 11.4 Å². The molecule has 1 heterocycles. The minimum absolute atomic E-state index is 0.531. The number of hydrogen-bond acceptors (Lipinski definition) is 2. The molecule has 0 amide bonds. The monoisotopic (exact) mass is 229 g/mol. The van der Waals surface area contributed by atoms with Crippen molar-refractivity contribution >= 4 is 22.9 Å². The topological polar surface area (TPSA) is 12.0 Å². The van der Waals surface area contributed by atoms with Crippen LogP contribution in [0.15, 0.2) is 12.1 Å². The summed E-state index contributed by atoms with van der Waals surface area (Å²) in [5, 5.41) is 3.31. The van der Waals surface area contributed by atoms with E-state index in [0.29, 0.717) is 5.41 Å². The first-order valence-corrected chi connectivity index (χ1v) is 6.32. The summed E-state index contributed by atoms with van der Waals surface area (Å²) in [6, 6.07) is 4.18. The summed E-state index contributed by atoms with van der Waals surface area (Å²) in [6.07, 6.45) is 5.32. The molecule has 1 aliphatic rings. The van der Waals surface area contributed by atoms with Crippen molar-refractivity contribution in [3.8, 4) is 0 Å². The Balaban J connectivity index is 2.01. The Morgan fingerprint density at radius 1 is 1.50 bits per heavy atom. The maximum Gasteiger partial charge on any atom is 0.0931 e. The molecule has 78 valence electrons. The van der Waals surface area contributed by atoms with Gasteiger partial charge in [-0.3, -0.25) is 0 Å². The molecule has 0 spiro atoms. The highest BCUT2D eigenvalue weighted by molar-refractivity contribution is 7.16. The van der Waals surface area contributed by atoms with E-state index in [1.807, 2.05) is 13.1 Å². The first kappa shape index (κ1) is 10.5. The van der Waals surface area contributed by atoms with Crippen LogP contribution in [0.4, 0.5) is 0 Å². The van der Waals surface area contributed by atoms with Crippen molar-refractivity contribution in [3.05, 3.63) is 21.3 Å². The molecule has 0 unspecified atom stereocenters. The van der Waals surface area contributed by atoms with Crippen molar-refractivity contribution in [2.75, 3.05) is 13.6 Å². The minimum Gasteiger partial charge on any atom is -0.319 e. The van der Waals surface area contributed by atoms with Gasteiger partial charge in [0.2, 0.25) is 0 Å². The van der Waals surface area contributed by atoms with Gasteiger partial charge >= 0.3 is 0 Å². The van der Waals surface area contributed by atoms with Crippen LogP contribution in [-0.2, 0) is 6.42 Å². The lowest BCUT2D eigenvalue weighted by atomic mass is 9.66. The van der Waals surface area contributed by atoms with Gasteiger partial charge in [-0.1, -0.05) is 18.0 Å². The van der Waals surface area contributed by atoms with Gasteiger partial charge in [-0.25, -0.2) is 0 Å². The Morgan fingerprint density at radius 2 is 2.29 bits per heavy atom. The second-order valence-corrected chi connectivity index (χ2v) is 6.07. The van der Waals surface area contributed by atoms with E-state index in [9.17, 15) is 0 Å². The van der Waals surface area contributed by atoms with Gasteiger partial charge in [-0.2, -0.15) is 0 Å². The van der Waals surface area contributed by atoms with Gasteiger partial charge in [-0.05, 0) is 43.9 Å². The highest BCUT2D eigenvalue weighted by Crippen LogP contribution is 2.44. The Morgan fingerprint density at radius 3 is 2.71 bits per heavy atom. The van der Waals surface area contributed by atoms with Crippen molar-refractivity contribution in [2.45, 2.75) is 25.7 Å². The molecule has 1 aromatic heterocycles. The lowest BCUT2D eigenvalue weighted by Crippen LogP contribution is -2.40. The third kappa shape index (κ3) is 2.13. The van der Waals surface area contributed by atoms with Crippen LogP contribution in [0.2, 0.25) is 4.34 Å². The number of halogens is 1. The summed E-state index contributed by atoms with van der Waals surface area (Å²) < 4.78 is 0.916. The van der Waals surface area contributed by atoms with E-state index in [2.05, 4.69) is 11.4 Å². The fourth-order valence-corrected chi connectivity index (χ4v) is 3.55. The summed E-state index contributed by atoms with van der Waals surface area (Å²) in [7, 11) is 2.04. The molecule has 1 N–H and O–H groups in total. The van der Waals surface area contributed by atoms with Gasteiger partial charge in [0.15, 0.2) is 0 Å². The van der Waals surface area contributed by atoms with Gasteiger partial charge in [0.1, 0.15) is 0 Å². The van der Waals surface area contributed by atoms with Gasteiger partial charge < -0.3 is 5.32 Å². The molecule has 0 bridgehead atoms. The molecule has 0 saturated heterocycles. The first-order chi connectivity index (χ1) is 6.74. The summed E-state index contributed by atoms with van der Waals surface area (Å²) in [5.41, 5.74) is 0.531. The summed E-state index contributed by atoms with van der Waals surface area (Å²) >= 11 is 7.66. The maximum atomic E-state index is 5.93. The predicted molar refractivity (Wildman–Crippen MR) is 63.2 cm³/mol. The molecule has 3 heteroatoms. The Kier molecular flexibility index (Phi) is 3.15. The molecule has 0 atom stereocenters. The van der Waals surface area contributed by atoms with Crippen LogP contribution < -0.4 is 5.32 Å². The van der Waals surface area contributed by atoms with E-state index < -0.39 is 0 Å². The lowest BCUT2D eigenvalue weighted by Gasteiger charge is -2.41. The smallest absolute Gasteiger partial charge is 0.0931 e. The van der Waals surface area contributed by atoms with Crippen LogP contribution in [0.5, 0.6) is 0 Å². The highest BCUT2D eigenvalue weighted by atomic mass is 35.5. The van der Waals surface area contributed by atoms with Gasteiger partial charge in [0.25, 0.3) is 0 Å². The minimum atomic E-state index is 0.531. The standard InChI is InChI=1S/C11H16ClNS/c1-13-8-11(5-2-6-11)7-9-3-4-10(12)14-9/h3-4,13H,2,5-8H2,1H3. The number of rotatable bonds is 4. The highest BCUT2D eigenvalue weighted by Gasteiger charge is 2.36. The molecule has 1 aliphatic carbocycles. The van der Waals surface area contributed by atoms with E-state index >= 15 is 0 Å². The fraction of sp³-hybridized carbons (Fsp3) is 0.636. The number of nitrogens with one attached hydrogen (secondary N) is 1. The van der Waals surface area contributed by atoms with E-state index in [4.69, 9.17) is 11.6 Å². The average Bonchev–Trinajstić information content (AvgIpc) is 2.48. The fourth-order valence-electron chi connectivity index (χ4n) is 2.28. The zero-order valence-electron chi connectivity index (χ0n) is 8.48. The number of hydrogen-bond donors (Lipinski definition) is 1. The quantitative estimate of drug-likeness (QED) is 0.835. The van der Waals surface area contributed by atoms with Crippen molar-refractivity contribution in [3.63, 3.8) is 0 Å². The van der Waals surface area contributed by atoms with Crippen LogP contribution in [0.25, 0.3) is 0 Å². The van der Waals surface area contributed by atoms with Crippen LogP contribution in [0.3, 0.4) is 0 Å². The van der Waals surface area contributed by atoms with Crippen molar-refractivity contribution in [1.29, 1.82) is 0 Å². The van der Waals surface area contributed by atoms with Crippen molar-refractivity contribution in [2.24, 2.45) is 5.41 Å². The molecule has 1 aromatic rings. The third-order valence-corrected chi connectivity index (χ3v) is 4.38. The molecule has 1 fully saturated rings. The maximum absolute atomic E-state index is 5.93.